The monoisotopic (exact) mass is 198 g/mol. The highest BCUT2D eigenvalue weighted by atomic mass is 33.1. The van der Waals surface area contributed by atoms with E-state index in [1.165, 1.54) is 27.7 Å². The zero-order valence-corrected chi connectivity index (χ0v) is 9.16. The van der Waals surface area contributed by atoms with E-state index in [4.69, 9.17) is 0 Å². The van der Waals surface area contributed by atoms with E-state index in [9.17, 15) is 0 Å². The van der Waals surface area contributed by atoms with Crippen molar-refractivity contribution in [3.8, 4) is 0 Å². The van der Waals surface area contributed by atoms with Crippen molar-refractivity contribution in [2.45, 2.75) is 31.1 Å². The van der Waals surface area contributed by atoms with E-state index < -0.39 is 0 Å². The summed E-state index contributed by atoms with van der Waals surface area (Å²) >= 11 is 4.23. The van der Waals surface area contributed by atoms with Crippen molar-refractivity contribution in [2.24, 2.45) is 0 Å². The zero-order valence-electron chi connectivity index (χ0n) is 7.45. The minimum absolute atomic E-state index is 0.640. The van der Waals surface area contributed by atoms with Crippen molar-refractivity contribution < 1.29 is 0 Å². The predicted molar refractivity (Wildman–Crippen MR) is 60.0 cm³/mol. The van der Waals surface area contributed by atoms with Crippen LogP contribution in [-0.4, -0.2) is 0 Å². The van der Waals surface area contributed by atoms with E-state index in [0.717, 1.165) is 0 Å². The van der Waals surface area contributed by atoms with Gasteiger partial charge in [0.2, 0.25) is 0 Å². The minimum atomic E-state index is 0.640. The van der Waals surface area contributed by atoms with Gasteiger partial charge in [-0.1, -0.05) is 42.8 Å². The highest BCUT2D eigenvalue weighted by molar-refractivity contribution is 8.68. The molecule has 0 aliphatic carbocycles. The molecule has 66 valence electrons. The maximum Gasteiger partial charge on any atom is 0.0215 e. The predicted octanol–water partition coefficient (Wildman–Crippen LogP) is 4.14. The molecule has 12 heavy (non-hydrogen) atoms. The maximum absolute atomic E-state index is 4.23. The third-order valence-corrected chi connectivity index (χ3v) is 3.32. The van der Waals surface area contributed by atoms with Crippen LogP contribution in [0.1, 0.15) is 31.7 Å². The van der Waals surface area contributed by atoms with Gasteiger partial charge in [0, 0.05) is 4.90 Å². The lowest BCUT2D eigenvalue weighted by molar-refractivity contribution is 0.720. The van der Waals surface area contributed by atoms with Crippen molar-refractivity contribution in [3.63, 3.8) is 0 Å². The maximum atomic E-state index is 4.23. The Labute approximate surface area is 83.6 Å². The lowest BCUT2D eigenvalue weighted by Gasteiger charge is -2.12. The lowest BCUT2D eigenvalue weighted by atomic mass is 9.99. The third kappa shape index (κ3) is 2.20. The van der Waals surface area contributed by atoms with Gasteiger partial charge in [-0.2, -0.15) is 0 Å². The molecule has 1 atom stereocenters. The molecule has 0 saturated carbocycles. The highest BCUT2D eigenvalue weighted by Gasteiger charge is 2.06. The Hall–Kier alpha value is -0.0800. The molecular formula is C10H14S2. The van der Waals surface area contributed by atoms with Crippen LogP contribution in [-0.2, 0) is 0 Å². The fourth-order valence-corrected chi connectivity index (χ4v) is 2.20. The van der Waals surface area contributed by atoms with Gasteiger partial charge in [-0.25, -0.2) is 0 Å². The SMILES string of the molecule is CCC(C)c1ccccc1SS. The number of benzene rings is 1. The number of hydrogen-bond donors (Lipinski definition) is 1. The first-order chi connectivity index (χ1) is 5.79. The van der Waals surface area contributed by atoms with Crippen LogP contribution >= 0.6 is 22.5 Å². The summed E-state index contributed by atoms with van der Waals surface area (Å²) in [4.78, 5) is 1.29. The minimum Gasteiger partial charge on any atom is -0.106 e. The number of hydrogen-bond acceptors (Lipinski definition) is 2. The molecule has 0 fully saturated rings. The second-order valence-electron chi connectivity index (χ2n) is 2.94. The fraction of sp³-hybridized carbons (Fsp3) is 0.400. The van der Waals surface area contributed by atoms with Gasteiger partial charge in [-0.15, -0.1) is 11.7 Å². The quantitative estimate of drug-likeness (QED) is 0.562. The lowest BCUT2D eigenvalue weighted by Crippen LogP contribution is -1.92. The van der Waals surface area contributed by atoms with Crippen LogP contribution in [0.4, 0.5) is 0 Å². The molecule has 0 aliphatic heterocycles. The molecule has 0 N–H and O–H groups in total. The molecule has 0 aliphatic rings. The van der Waals surface area contributed by atoms with Crippen molar-refractivity contribution in [2.75, 3.05) is 0 Å². The van der Waals surface area contributed by atoms with Crippen molar-refractivity contribution >= 4 is 22.5 Å². The summed E-state index contributed by atoms with van der Waals surface area (Å²) < 4.78 is 0. The Morgan fingerprint density at radius 1 is 1.42 bits per heavy atom. The molecule has 0 aromatic heterocycles. The first kappa shape index (κ1) is 10.0. The van der Waals surface area contributed by atoms with Gasteiger partial charge in [0.05, 0.1) is 0 Å². The van der Waals surface area contributed by atoms with E-state index >= 15 is 0 Å². The van der Waals surface area contributed by atoms with Gasteiger partial charge in [0.15, 0.2) is 0 Å². The van der Waals surface area contributed by atoms with Gasteiger partial charge in [-0.05, 0) is 24.0 Å². The molecule has 1 aromatic carbocycles. The molecule has 0 radical (unpaired) electrons. The Kier molecular flexibility index (Phi) is 4.02. The van der Waals surface area contributed by atoms with Gasteiger partial charge in [0.1, 0.15) is 0 Å². The number of rotatable bonds is 3. The highest BCUT2D eigenvalue weighted by Crippen LogP contribution is 2.31. The van der Waals surface area contributed by atoms with E-state index in [1.54, 1.807) is 0 Å². The molecule has 0 heterocycles. The standard InChI is InChI=1S/C10H14S2/c1-3-8(2)9-6-4-5-7-10(9)12-11/h4-8,11H,3H2,1-2H3. The summed E-state index contributed by atoms with van der Waals surface area (Å²) in [5.74, 6) is 0.640. The molecule has 0 saturated heterocycles. The molecule has 0 spiro atoms. The normalized spacial score (nSPS) is 12.9. The van der Waals surface area contributed by atoms with Crippen LogP contribution in [0.15, 0.2) is 29.2 Å². The van der Waals surface area contributed by atoms with Crippen LogP contribution in [0.25, 0.3) is 0 Å². The third-order valence-electron chi connectivity index (χ3n) is 2.16. The summed E-state index contributed by atoms with van der Waals surface area (Å²) in [5.41, 5.74) is 1.42. The molecule has 1 rings (SSSR count). The molecular weight excluding hydrogens is 184 g/mol. The van der Waals surface area contributed by atoms with Crippen molar-refractivity contribution in [1.82, 2.24) is 0 Å². The zero-order chi connectivity index (χ0) is 8.97. The summed E-state index contributed by atoms with van der Waals surface area (Å²) in [5, 5.41) is 0. The van der Waals surface area contributed by atoms with Gasteiger partial charge < -0.3 is 0 Å². The van der Waals surface area contributed by atoms with Crippen LogP contribution in [0, 0.1) is 0 Å². The largest absolute Gasteiger partial charge is 0.106 e. The summed E-state index contributed by atoms with van der Waals surface area (Å²) in [6, 6.07) is 8.46. The van der Waals surface area contributed by atoms with Crippen LogP contribution in [0.5, 0.6) is 0 Å². The van der Waals surface area contributed by atoms with Crippen LogP contribution < -0.4 is 0 Å². The van der Waals surface area contributed by atoms with E-state index in [2.05, 4.69) is 49.8 Å². The van der Waals surface area contributed by atoms with E-state index in [0.29, 0.717) is 5.92 Å². The van der Waals surface area contributed by atoms with Gasteiger partial charge >= 0.3 is 0 Å². The van der Waals surface area contributed by atoms with E-state index in [1.807, 2.05) is 0 Å². The Morgan fingerprint density at radius 3 is 2.67 bits per heavy atom. The Balaban J connectivity index is 2.96. The molecule has 0 bridgehead atoms. The summed E-state index contributed by atoms with van der Waals surface area (Å²) in [6.07, 6.45) is 1.19. The first-order valence-electron chi connectivity index (χ1n) is 4.20. The topological polar surface area (TPSA) is 0 Å². The van der Waals surface area contributed by atoms with Gasteiger partial charge in [-0.3, -0.25) is 0 Å². The first-order valence-corrected chi connectivity index (χ1v) is 6.06. The van der Waals surface area contributed by atoms with E-state index in [-0.39, 0.29) is 0 Å². The average molecular weight is 198 g/mol. The smallest absolute Gasteiger partial charge is 0.0215 e. The van der Waals surface area contributed by atoms with Crippen LogP contribution in [0.2, 0.25) is 0 Å². The second-order valence-corrected chi connectivity index (χ2v) is 4.11. The fourth-order valence-electron chi connectivity index (χ4n) is 1.19. The molecule has 0 nitrogen and oxygen atoms in total. The Morgan fingerprint density at radius 2 is 2.08 bits per heavy atom. The summed E-state index contributed by atoms with van der Waals surface area (Å²) in [6.45, 7) is 4.47. The van der Waals surface area contributed by atoms with Crippen LogP contribution in [0.3, 0.4) is 0 Å². The van der Waals surface area contributed by atoms with Crippen molar-refractivity contribution in [1.29, 1.82) is 0 Å². The van der Waals surface area contributed by atoms with Gasteiger partial charge in [0.25, 0.3) is 0 Å². The molecule has 1 aromatic rings. The van der Waals surface area contributed by atoms with Crippen molar-refractivity contribution in [3.05, 3.63) is 29.8 Å². The molecule has 1 unspecified atom stereocenters. The molecule has 2 heteroatoms. The number of thiol groups is 1. The summed E-state index contributed by atoms with van der Waals surface area (Å²) in [7, 11) is 1.53. The molecule has 0 amide bonds. The second kappa shape index (κ2) is 4.83. The average Bonchev–Trinajstić information content (AvgIpc) is 2.16. The Bertz CT molecular complexity index is 245.